The molecule has 6 nitrogen and oxygen atoms in total. The summed E-state index contributed by atoms with van der Waals surface area (Å²) in [5.74, 6) is 3.90. The third-order valence-electron chi connectivity index (χ3n) is 6.31. The van der Waals surface area contributed by atoms with Crippen molar-refractivity contribution in [3.05, 3.63) is 71.9 Å². The van der Waals surface area contributed by atoms with Gasteiger partial charge in [-0.2, -0.15) is 4.57 Å². The molecule has 3 aromatic carbocycles. The first kappa shape index (κ1) is 22.3. The number of halogens is 1. The third kappa shape index (κ3) is 3.80. The van der Waals surface area contributed by atoms with E-state index in [1.165, 1.54) is 11.1 Å². The van der Waals surface area contributed by atoms with E-state index in [1.807, 2.05) is 30.3 Å². The molecule has 4 aromatic rings. The maximum atomic E-state index is 6.32. The number of methoxy groups -OCH3 is 2. The average Bonchev–Trinajstić information content (AvgIpc) is 3.32. The van der Waals surface area contributed by atoms with Crippen LogP contribution in [0.3, 0.4) is 0 Å². The van der Waals surface area contributed by atoms with Gasteiger partial charge in [-0.25, -0.2) is 0 Å². The van der Waals surface area contributed by atoms with Crippen molar-refractivity contribution in [3.8, 4) is 40.0 Å². The monoisotopic (exact) mass is 521 g/mol. The molecule has 0 saturated carbocycles. The van der Waals surface area contributed by atoms with Gasteiger partial charge < -0.3 is 40.7 Å². The first-order valence-corrected chi connectivity index (χ1v) is 11.0. The molecule has 0 unspecified atom stereocenters. The highest BCUT2D eigenvalue weighted by molar-refractivity contribution is 5.91. The lowest BCUT2D eigenvalue weighted by Crippen LogP contribution is -3.00. The molecule has 2 aliphatic rings. The summed E-state index contributed by atoms with van der Waals surface area (Å²) in [6.07, 6.45) is 3.10. The van der Waals surface area contributed by atoms with E-state index in [2.05, 4.69) is 35.0 Å². The van der Waals surface area contributed by atoms with Gasteiger partial charge in [0.2, 0.25) is 12.5 Å². The number of rotatable bonds is 5. The third-order valence-corrected chi connectivity index (χ3v) is 6.31. The van der Waals surface area contributed by atoms with Gasteiger partial charge in [0.25, 0.3) is 0 Å². The van der Waals surface area contributed by atoms with Gasteiger partial charge in [0, 0.05) is 12.5 Å². The number of aryl methyl sites for hydroxylation is 2. The minimum Gasteiger partial charge on any atom is -1.00 e. The molecule has 1 aromatic heterocycles. The normalized spacial score (nSPS) is 13.0. The van der Waals surface area contributed by atoms with Gasteiger partial charge >= 0.3 is 0 Å². The number of benzene rings is 3. The standard InChI is InChI=1S/C27H24NO5.BrH/c1-29-20-5-3-4-17(10-20)15-31-27-22-14-28-9-8-19-12-25-26(33-16-32-25)13-21(19)23(28)11-18(22)6-7-24(27)30-2;/h3-7,10-14H,8-9,15-16H2,1-2H3;1H/q+1;/p-1. The first-order chi connectivity index (χ1) is 16.2. The number of hydrogen-bond donors (Lipinski definition) is 0. The lowest BCUT2D eigenvalue weighted by atomic mass is 9.95. The second kappa shape index (κ2) is 9.06. The summed E-state index contributed by atoms with van der Waals surface area (Å²) in [4.78, 5) is 0. The predicted octanol–water partition coefficient (Wildman–Crippen LogP) is 1.68. The van der Waals surface area contributed by atoms with E-state index < -0.39 is 0 Å². The van der Waals surface area contributed by atoms with Gasteiger partial charge in [-0.3, -0.25) is 0 Å². The van der Waals surface area contributed by atoms with Crippen molar-refractivity contribution in [2.75, 3.05) is 21.0 Å². The summed E-state index contributed by atoms with van der Waals surface area (Å²) < 4.78 is 30.8. The molecule has 0 radical (unpaired) electrons. The average molecular weight is 522 g/mol. The molecule has 3 heterocycles. The van der Waals surface area contributed by atoms with Crippen molar-refractivity contribution in [2.45, 2.75) is 19.6 Å². The van der Waals surface area contributed by atoms with E-state index in [-0.39, 0.29) is 23.8 Å². The zero-order valence-electron chi connectivity index (χ0n) is 19.0. The Morgan fingerprint density at radius 1 is 0.941 bits per heavy atom. The number of pyridine rings is 1. The molecule has 0 amide bonds. The maximum Gasteiger partial charge on any atom is 0.231 e. The van der Waals surface area contributed by atoms with E-state index in [1.54, 1.807) is 14.2 Å². The molecule has 2 aliphatic heterocycles. The van der Waals surface area contributed by atoms with Gasteiger partial charge in [-0.05, 0) is 52.9 Å². The zero-order chi connectivity index (χ0) is 22.4. The summed E-state index contributed by atoms with van der Waals surface area (Å²) in [5, 5.41) is 2.11. The predicted molar refractivity (Wildman–Crippen MR) is 123 cm³/mol. The van der Waals surface area contributed by atoms with Crippen LogP contribution in [0.2, 0.25) is 0 Å². The minimum atomic E-state index is 0. The van der Waals surface area contributed by atoms with Crippen molar-refractivity contribution in [1.82, 2.24) is 0 Å². The van der Waals surface area contributed by atoms with Crippen LogP contribution >= 0.6 is 0 Å². The van der Waals surface area contributed by atoms with Crippen LogP contribution in [0, 0.1) is 0 Å². The van der Waals surface area contributed by atoms with Crippen LogP contribution in [0.5, 0.6) is 28.7 Å². The first-order valence-electron chi connectivity index (χ1n) is 11.0. The molecule has 0 fully saturated rings. The van der Waals surface area contributed by atoms with Crippen LogP contribution in [0.4, 0.5) is 0 Å². The lowest BCUT2D eigenvalue weighted by Gasteiger charge is -2.18. The van der Waals surface area contributed by atoms with E-state index in [0.717, 1.165) is 58.0 Å². The van der Waals surface area contributed by atoms with Crippen LogP contribution in [-0.4, -0.2) is 21.0 Å². The van der Waals surface area contributed by atoms with Gasteiger partial charge in [-0.1, -0.05) is 12.1 Å². The fraction of sp³-hybridized carbons (Fsp3) is 0.222. The molecular weight excluding hydrogens is 498 g/mol. The molecule has 7 heteroatoms. The summed E-state index contributed by atoms with van der Waals surface area (Å²) >= 11 is 0. The van der Waals surface area contributed by atoms with Crippen molar-refractivity contribution in [3.63, 3.8) is 0 Å². The maximum absolute atomic E-state index is 6.32. The van der Waals surface area contributed by atoms with Crippen LogP contribution in [-0.2, 0) is 19.6 Å². The van der Waals surface area contributed by atoms with E-state index >= 15 is 0 Å². The van der Waals surface area contributed by atoms with Crippen LogP contribution < -0.4 is 45.2 Å². The highest BCUT2D eigenvalue weighted by Crippen LogP contribution is 2.41. The van der Waals surface area contributed by atoms with Crippen molar-refractivity contribution >= 4 is 10.8 Å². The van der Waals surface area contributed by atoms with Crippen LogP contribution in [0.1, 0.15) is 11.1 Å². The number of nitrogens with zero attached hydrogens (tertiary/aromatic N) is 1. The Bertz CT molecular complexity index is 1390. The summed E-state index contributed by atoms with van der Waals surface area (Å²) in [6.45, 7) is 1.58. The highest BCUT2D eigenvalue weighted by Gasteiger charge is 2.28. The number of hydrogen-bond acceptors (Lipinski definition) is 5. The zero-order valence-corrected chi connectivity index (χ0v) is 20.6. The van der Waals surface area contributed by atoms with E-state index in [9.17, 15) is 0 Å². The Morgan fingerprint density at radius 3 is 2.62 bits per heavy atom. The SMILES string of the molecule is COc1cccc(COc2c(OC)ccc3cc4[n+](cc23)CCc2cc3c(cc2-4)OCO3)c1.[Br-]. The fourth-order valence-corrected chi connectivity index (χ4v) is 4.62. The Kier molecular flexibility index (Phi) is 5.96. The Labute approximate surface area is 208 Å². The quantitative estimate of drug-likeness (QED) is 0.374. The lowest BCUT2D eigenvalue weighted by molar-refractivity contribution is -0.686. The van der Waals surface area contributed by atoms with E-state index in [4.69, 9.17) is 23.7 Å². The van der Waals surface area contributed by atoms with Crippen molar-refractivity contribution < 1.29 is 45.2 Å². The molecule has 174 valence electrons. The molecule has 0 saturated heterocycles. The summed E-state index contributed by atoms with van der Waals surface area (Å²) in [6, 6.07) is 18.4. The topological polar surface area (TPSA) is 50.0 Å². The number of ether oxygens (including phenoxy) is 5. The molecule has 0 N–H and O–H groups in total. The Hall–Kier alpha value is -3.45. The molecule has 0 spiro atoms. The van der Waals surface area contributed by atoms with Gasteiger partial charge in [0.15, 0.2) is 35.7 Å². The highest BCUT2D eigenvalue weighted by atomic mass is 79.9. The fourth-order valence-electron chi connectivity index (χ4n) is 4.62. The number of aromatic nitrogens is 1. The summed E-state index contributed by atoms with van der Waals surface area (Å²) in [5.41, 5.74) is 4.65. The Balaban J connectivity index is 0.00000241. The smallest absolute Gasteiger partial charge is 0.231 e. The van der Waals surface area contributed by atoms with Crippen molar-refractivity contribution in [1.29, 1.82) is 0 Å². The van der Waals surface area contributed by atoms with Gasteiger partial charge in [-0.15, -0.1) is 0 Å². The molecule has 34 heavy (non-hydrogen) atoms. The largest absolute Gasteiger partial charge is 1.00 e. The summed E-state index contributed by atoms with van der Waals surface area (Å²) in [7, 11) is 3.34. The molecule has 0 aliphatic carbocycles. The molecule has 0 atom stereocenters. The second-order valence-corrected chi connectivity index (χ2v) is 8.20. The van der Waals surface area contributed by atoms with Crippen LogP contribution in [0.25, 0.3) is 22.0 Å². The molecule has 6 rings (SSSR count). The molecule has 0 bridgehead atoms. The van der Waals surface area contributed by atoms with Gasteiger partial charge in [0.1, 0.15) is 12.4 Å². The Morgan fingerprint density at radius 2 is 1.79 bits per heavy atom. The molecular formula is C27H24BrNO5. The van der Waals surface area contributed by atoms with E-state index in [0.29, 0.717) is 12.4 Å². The van der Waals surface area contributed by atoms with Gasteiger partial charge in [0.05, 0.1) is 25.2 Å². The van der Waals surface area contributed by atoms with Crippen LogP contribution in [0.15, 0.2) is 60.8 Å². The second-order valence-electron chi connectivity index (χ2n) is 8.20. The van der Waals surface area contributed by atoms with Crippen molar-refractivity contribution in [2.24, 2.45) is 0 Å². The minimum absolute atomic E-state index is 0. The number of fused-ring (bicyclic) bond motifs is 5.